The zero-order valence-electron chi connectivity index (χ0n) is 11.9. The Morgan fingerprint density at radius 1 is 0.812 bits per heavy atom. The van der Waals surface area contributed by atoms with Crippen LogP contribution >= 0.6 is 0 Å². The lowest BCUT2D eigenvalue weighted by molar-refractivity contribution is 0.228. The topological polar surface area (TPSA) is 20.2 Å². The quantitative estimate of drug-likeness (QED) is 0.434. The molecule has 0 bridgehead atoms. The molecule has 0 aliphatic carbocycles. The zero-order valence-corrected chi connectivity index (χ0v) is 12.9. The molecule has 16 heavy (non-hydrogen) atoms. The van der Waals surface area contributed by atoms with Crippen LogP contribution in [0.2, 0.25) is 19.6 Å². The Bertz CT molecular complexity index is 151. The first kappa shape index (κ1) is 16.2. The predicted molar refractivity (Wildman–Crippen MR) is 76.6 cm³/mol. The van der Waals surface area contributed by atoms with E-state index < -0.39 is 8.07 Å². The van der Waals surface area contributed by atoms with Gasteiger partial charge in [-0.05, 0) is 6.42 Å². The van der Waals surface area contributed by atoms with Crippen LogP contribution in [0.15, 0.2) is 0 Å². The van der Waals surface area contributed by atoms with Crippen LogP contribution in [0.25, 0.3) is 0 Å². The highest BCUT2D eigenvalue weighted by Gasteiger charge is 2.23. The Morgan fingerprint density at radius 3 is 1.69 bits per heavy atom. The molecule has 0 aliphatic rings. The Balaban J connectivity index is 3.21. The lowest BCUT2D eigenvalue weighted by atomic mass is 10.1. The number of aliphatic hydroxyl groups excluding tert-OH is 1. The minimum Gasteiger partial charge on any atom is -0.397 e. The van der Waals surface area contributed by atoms with E-state index >= 15 is 0 Å². The Hall–Kier alpha value is 0.177. The lowest BCUT2D eigenvalue weighted by Crippen LogP contribution is -2.37. The van der Waals surface area contributed by atoms with Gasteiger partial charge >= 0.3 is 0 Å². The SMILES string of the molecule is CCCCCCCCCCC(O)[Si](C)(C)C. The smallest absolute Gasteiger partial charge is 0.0781 e. The first-order valence-electron chi connectivity index (χ1n) is 7.16. The summed E-state index contributed by atoms with van der Waals surface area (Å²) in [4.78, 5) is 0. The zero-order chi connectivity index (χ0) is 12.4. The van der Waals surface area contributed by atoms with Crippen LogP contribution in [0.4, 0.5) is 0 Å². The predicted octanol–water partition coefficient (Wildman–Crippen LogP) is 4.76. The maximum Gasteiger partial charge on any atom is 0.0781 e. The summed E-state index contributed by atoms with van der Waals surface area (Å²) in [6.07, 6.45) is 11.9. The molecule has 0 spiro atoms. The molecule has 0 fully saturated rings. The monoisotopic (exact) mass is 244 g/mol. The van der Waals surface area contributed by atoms with Gasteiger partial charge in [-0.1, -0.05) is 77.9 Å². The summed E-state index contributed by atoms with van der Waals surface area (Å²) in [6.45, 7) is 9.02. The van der Waals surface area contributed by atoms with E-state index in [0.29, 0.717) is 0 Å². The normalized spacial score (nSPS) is 14.1. The molecule has 0 aromatic carbocycles. The number of hydrogen-bond acceptors (Lipinski definition) is 1. The number of unbranched alkanes of at least 4 members (excludes halogenated alkanes) is 7. The molecule has 1 nitrogen and oxygen atoms in total. The molecule has 1 N–H and O–H groups in total. The van der Waals surface area contributed by atoms with Gasteiger partial charge in [0.2, 0.25) is 0 Å². The van der Waals surface area contributed by atoms with Crippen molar-refractivity contribution in [2.75, 3.05) is 0 Å². The van der Waals surface area contributed by atoms with E-state index in [1.807, 2.05) is 0 Å². The third-order valence-corrected chi connectivity index (χ3v) is 5.62. The van der Waals surface area contributed by atoms with Gasteiger partial charge in [0.15, 0.2) is 0 Å². The molecule has 0 aromatic rings. The van der Waals surface area contributed by atoms with Crippen molar-refractivity contribution in [3.05, 3.63) is 0 Å². The average Bonchev–Trinajstić information content (AvgIpc) is 2.20. The number of rotatable bonds is 10. The lowest BCUT2D eigenvalue weighted by Gasteiger charge is -2.23. The largest absolute Gasteiger partial charge is 0.397 e. The number of hydrogen-bond donors (Lipinski definition) is 1. The van der Waals surface area contributed by atoms with Crippen LogP contribution < -0.4 is 0 Å². The molecule has 98 valence electrons. The molecule has 1 unspecified atom stereocenters. The highest BCUT2D eigenvalue weighted by Crippen LogP contribution is 2.15. The van der Waals surface area contributed by atoms with Crippen molar-refractivity contribution in [3.63, 3.8) is 0 Å². The molecule has 0 aliphatic heterocycles. The minimum atomic E-state index is -1.29. The van der Waals surface area contributed by atoms with E-state index in [9.17, 15) is 5.11 Å². The van der Waals surface area contributed by atoms with Gasteiger partial charge in [-0.3, -0.25) is 0 Å². The van der Waals surface area contributed by atoms with Gasteiger partial charge in [0.05, 0.1) is 8.07 Å². The summed E-state index contributed by atoms with van der Waals surface area (Å²) >= 11 is 0. The fraction of sp³-hybridized carbons (Fsp3) is 1.00. The van der Waals surface area contributed by atoms with Crippen LogP contribution in [-0.2, 0) is 0 Å². The summed E-state index contributed by atoms with van der Waals surface area (Å²) < 4.78 is 0. The number of aliphatic hydroxyl groups is 1. The van der Waals surface area contributed by atoms with Gasteiger partial charge in [0.25, 0.3) is 0 Å². The van der Waals surface area contributed by atoms with Gasteiger partial charge in [-0.25, -0.2) is 0 Å². The van der Waals surface area contributed by atoms with Gasteiger partial charge in [-0.15, -0.1) is 0 Å². The molecule has 0 rings (SSSR count). The van der Waals surface area contributed by atoms with E-state index in [0.717, 1.165) is 6.42 Å². The van der Waals surface area contributed by atoms with Gasteiger partial charge in [-0.2, -0.15) is 0 Å². The Kier molecular flexibility index (Phi) is 9.33. The van der Waals surface area contributed by atoms with Crippen LogP contribution in [0.3, 0.4) is 0 Å². The van der Waals surface area contributed by atoms with Crippen LogP contribution in [0.1, 0.15) is 64.7 Å². The molecule has 0 heterocycles. The van der Waals surface area contributed by atoms with Crippen LogP contribution in [0, 0.1) is 0 Å². The second-order valence-corrected chi connectivity index (χ2v) is 11.5. The van der Waals surface area contributed by atoms with E-state index in [1.165, 1.54) is 51.4 Å². The first-order chi connectivity index (χ1) is 7.48. The molecule has 2 heteroatoms. The van der Waals surface area contributed by atoms with Crippen molar-refractivity contribution in [1.82, 2.24) is 0 Å². The van der Waals surface area contributed by atoms with Crippen molar-refractivity contribution in [1.29, 1.82) is 0 Å². The van der Waals surface area contributed by atoms with Crippen molar-refractivity contribution < 1.29 is 5.11 Å². The molecule has 0 saturated heterocycles. The van der Waals surface area contributed by atoms with Gasteiger partial charge in [0, 0.05) is 5.73 Å². The summed E-state index contributed by atoms with van der Waals surface area (Å²) in [7, 11) is -1.29. The summed E-state index contributed by atoms with van der Waals surface area (Å²) in [6, 6.07) is 0. The maximum atomic E-state index is 9.92. The van der Waals surface area contributed by atoms with Crippen LogP contribution in [-0.4, -0.2) is 18.9 Å². The molecule has 0 radical (unpaired) electrons. The standard InChI is InChI=1S/C14H32OSi/c1-5-6-7-8-9-10-11-12-13-14(15)16(2,3)4/h14-15H,5-13H2,1-4H3. The van der Waals surface area contributed by atoms with Crippen molar-refractivity contribution in [3.8, 4) is 0 Å². The van der Waals surface area contributed by atoms with Crippen molar-refractivity contribution >= 4 is 8.07 Å². The van der Waals surface area contributed by atoms with E-state index in [1.54, 1.807) is 0 Å². The molecule has 0 aromatic heterocycles. The Labute approximate surface area is 104 Å². The third kappa shape index (κ3) is 9.41. The van der Waals surface area contributed by atoms with Gasteiger partial charge < -0.3 is 5.11 Å². The summed E-state index contributed by atoms with van der Waals surface area (Å²) in [5, 5.41) is 9.92. The van der Waals surface area contributed by atoms with Crippen LogP contribution in [0.5, 0.6) is 0 Å². The Morgan fingerprint density at radius 2 is 1.25 bits per heavy atom. The second kappa shape index (κ2) is 9.23. The molecule has 0 amide bonds. The molecular formula is C14H32OSi. The van der Waals surface area contributed by atoms with E-state index in [4.69, 9.17) is 0 Å². The van der Waals surface area contributed by atoms with Crippen molar-refractivity contribution in [2.45, 2.75) is 90.1 Å². The average molecular weight is 244 g/mol. The first-order valence-corrected chi connectivity index (χ1v) is 10.7. The second-order valence-electron chi connectivity index (χ2n) is 6.15. The molecule has 0 saturated carbocycles. The molecular weight excluding hydrogens is 212 g/mol. The van der Waals surface area contributed by atoms with E-state index in [2.05, 4.69) is 26.6 Å². The van der Waals surface area contributed by atoms with Gasteiger partial charge in [0.1, 0.15) is 0 Å². The highest BCUT2D eigenvalue weighted by molar-refractivity contribution is 6.77. The summed E-state index contributed by atoms with van der Waals surface area (Å²) in [5.41, 5.74) is 0.00703. The molecule has 1 atom stereocenters. The maximum absolute atomic E-state index is 9.92. The third-order valence-electron chi connectivity index (χ3n) is 3.33. The minimum absolute atomic E-state index is 0.00703. The fourth-order valence-corrected chi connectivity index (χ4v) is 2.97. The highest BCUT2D eigenvalue weighted by atomic mass is 28.3. The van der Waals surface area contributed by atoms with E-state index in [-0.39, 0.29) is 5.73 Å². The summed E-state index contributed by atoms with van der Waals surface area (Å²) in [5.74, 6) is 0. The van der Waals surface area contributed by atoms with Crippen molar-refractivity contribution in [2.24, 2.45) is 0 Å². The fourth-order valence-electron chi connectivity index (χ4n) is 1.90.